The summed E-state index contributed by atoms with van der Waals surface area (Å²) in [5.74, 6) is 0.773. The van der Waals surface area contributed by atoms with Gasteiger partial charge in [0.05, 0.1) is 24.0 Å². The molecule has 0 bridgehead atoms. The standard InChI is InChI=1S/C26H28N8O4/c1-3-38-26(36)32-25-30-21-13-17(12-20(23(21)31-25)24-28-5-4-6-29-24)18-11-19(15-27-14-18)33-7-9-34(10-8-33)22(35)16-37-2/h4-6,11-15H,3,7-10,16H2,1-2H3,(H2,30,31,32,36). The monoisotopic (exact) mass is 516 g/mol. The molecule has 0 unspecified atom stereocenters. The number of pyridine rings is 1. The molecule has 4 heterocycles. The predicted molar refractivity (Wildman–Crippen MR) is 142 cm³/mol. The van der Waals surface area contributed by atoms with Gasteiger partial charge < -0.3 is 24.3 Å². The maximum absolute atomic E-state index is 12.2. The number of methoxy groups -OCH3 is 1. The van der Waals surface area contributed by atoms with Crippen molar-refractivity contribution in [2.75, 3.05) is 56.7 Å². The zero-order chi connectivity index (χ0) is 26.5. The highest BCUT2D eigenvalue weighted by atomic mass is 16.5. The topological polar surface area (TPSA) is 138 Å². The van der Waals surface area contributed by atoms with E-state index in [2.05, 4.69) is 41.2 Å². The molecule has 1 aromatic carbocycles. The summed E-state index contributed by atoms with van der Waals surface area (Å²) in [6.45, 7) is 4.73. The van der Waals surface area contributed by atoms with Gasteiger partial charge >= 0.3 is 6.09 Å². The zero-order valence-electron chi connectivity index (χ0n) is 21.2. The number of hydrogen-bond donors (Lipinski definition) is 2. The van der Waals surface area contributed by atoms with Crippen LogP contribution < -0.4 is 10.2 Å². The molecular formula is C26H28N8O4. The third kappa shape index (κ3) is 5.39. The van der Waals surface area contributed by atoms with Gasteiger partial charge in [0.2, 0.25) is 11.9 Å². The minimum atomic E-state index is -0.592. The molecular weight excluding hydrogens is 488 g/mol. The van der Waals surface area contributed by atoms with E-state index < -0.39 is 6.09 Å². The van der Waals surface area contributed by atoms with Crippen molar-refractivity contribution in [3.05, 3.63) is 49.1 Å². The molecule has 1 saturated heterocycles. The Balaban J connectivity index is 1.47. The number of anilines is 2. The molecule has 0 saturated carbocycles. The summed E-state index contributed by atoms with van der Waals surface area (Å²) >= 11 is 0. The number of nitrogens with one attached hydrogen (secondary N) is 2. The van der Waals surface area contributed by atoms with Crippen LogP contribution in [0.15, 0.2) is 49.1 Å². The average Bonchev–Trinajstić information content (AvgIpc) is 3.35. The van der Waals surface area contributed by atoms with E-state index in [0.717, 1.165) is 16.8 Å². The number of rotatable bonds is 7. The minimum absolute atomic E-state index is 0.000591. The van der Waals surface area contributed by atoms with E-state index >= 15 is 0 Å². The van der Waals surface area contributed by atoms with E-state index in [-0.39, 0.29) is 25.1 Å². The van der Waals surface area contributed by atoms with E-state index in [1.807, 2.05) is 23.2 Å². The predicted octanol–water partition coefficient (Wildman–Crippen LogP) is 2.95. The highest BCUT2D eigenvalue weighted by Gasteiger charge is 2.22. The number of carbonyl (C=O) groups is 2. The van der Waals surface area contributed by atoms with Gasteiger partial charge in [-0.15, -0.1) is 0 Å². The van der Waals surface area contributed by atoms with Gasteiger partial charge in [-0.1, -0.05) is 0 Å². The maximum Gasteiger partial charge on any atom is 0.413 e. The molecule has 0 radical (unpaired) electrons. The Kier molecular flexibility index (Phi) is 7.40. The molecule has 12 heteroatoms. The molecule has 4 aromatic rings. The second-order valence-corrected chi connectivity index (χ2v) is 8.66. The molecule has 1 aliphatic heterocycles. The molecule has 2 amide bonds. The lowest BCUT2D eigenvalue weighted by molar-refractivity contribution is -0.135. The first-order chi connectivity index (χ1) is 18.6. The number of H-pyrrole nitrogens is 1. The molecule has 1 aliphatic rings. The smallest absolute Gasteiger partial charge is 0.413 e. The van der Waals surface area contributed by atoms with Crippen LogP contribution >= 0.6 is 0 Å². The van der Waals surface area contributed by atoms with Crippen LogP contribution in [-0.2, 0) is 14.3 Å². The summed E-state index contributed by atoms with van der Waals surface area (Å²) < 4.78 is 9.96. The lowest BCUT2D eigenvalue weighted by Crippen LogP contribution is -2.49. The van der Waals surface area contributed by atoms with Crippen LogP contribution in [0.4, 0.5) is 16.4 Å². The number of benzene rings is 1. The van der Waals surface area contributed by atoms with E-state index in [4.69, 9.17) is 9.47 Å². The van der Waals surface area contributed by atoms with Gasteiger partial charge in [0.1, 0.15) is 12.1 Å². The lowest BCUT2D eigenvalue weighted by Gasteiger charge is -2.36. The average molecular weight is 517 g/mol. The second kappa shape index (κ2) is 11.2. The molecule has 1 fully saturated rings. The second-order valence-electron chi connectivity index (χ2n) is 8.66. The fraction of sp³-hybridized carbons (Fsp3) is 0.308. The third-order valence-electron chi connectivity index (χ3n) is 6.21. The lowest BCUT2D eigenvalue weighted by atomic mass is 10.0. The molecule has 38 heavy (non-hydrogen) atoms. The first-order valence-electron chi connectivity index (χ1n) is 12.3. The van der Waals surface area contributed by atoms with Crippen LogP contribution in [0.2, 0.25) is 0 Å². The van der Waals surface area contributed by atoms with Gasteiger partial charge in [0.15, 0.2) is 5.82 Å². The molecule has 0 aliphatic carbocycles. The fourth-order valence-corrected chi connectivity index (χ4v) is 4.40. The Morgan fingerprint density at radius 2 is 1.84 bits per heavy atom. The van der Waals surface area contributed by atoms with Gasteiger partial charge in [-0.25, -0.2) is 19.7 Å². The van der Waals surface area contributed by atoms with E-state index in [1.54, 1.807) is 31.6 Å². The van der Waals surface area contributed by atoms with Crippen molar-refractivity contribution in [3.63, 3.8) is 0 Å². The number of amides is 2. The molecule has 196 valence electrons. The third-order valence-corrected chi connectivity index (χ3v) is 6.21. The Hall–Kier alpha value is -4.58. The number of aromatic nitrogens is 5. The van der Waals surface area contributed by atoms with E-state index in [1.165, 1.54) is 7.11 Å². The van der Waals surface area contributed by atoms with Crippen molar-refractivity contribution in [1.82, 2.24) is 29.8 Å². The number of imidazole rings is 1. The SMILES string of the molecule is CCOC(=O)Nc1nc2c(-c3ncccn3)cc(-c3cncc(N4CCN(C(=O)COC)CC4)c3)cc2[nH]1. The van der Waals surface area contributed by atoms with Gasteiger partial charge in [-0.05, 0) is 36.8 Å². The molecule has 5 rings (SSSR count). The maximum atomic E-state index is 12.2. The van der Waals surface area contributed by atoms with Crippen molar-refractivity contribution < 1.29 is 19.1 Å². The number of carbonyl (C=O) groups excluding carboxylic acids is 2. The van der Waals surface area contributed by atoms with Crippen molar-refractivity contribution in [2.45, 2.75) is 6.92 Å². The van der Waals surface area contributed by atoms with Gasteiger partial charge in [0, 0.05) is 63.0 Å². The van der Waals surface area contributed by atoms with Crippen molar-refractivity contribution in [1.29, 1.82) is 0 Å². The minimum Gasteiger partial charge on any atom is -0.450 e. The summed E-state index contributed by atoms with van der Waals surface area (Å²) in [4.78, 5) is 49.2. The van der Waals surface area contributed by atoms with Crippen LogP contribution in [-0.4, -0.2) is 88.3 Å². The van der Waals surface area contributed by atoms with E-state index in [0.29, 0.717) is 48.6 Å². The highest BCUT2D eigenvalue weighted by molar-refractivity contribution is 5.97. The van der Waals surface area contributed by atoms with E-state index in [9.17, 15) is 9.59 Å². The number of piperazine rings is 1. The Morgan fingerprint density at radius 3 is 2.58 bits per heavy atom. The first kappa shape index (κ1) is 25.1. The Bertz CT molecular complexity index is 1430. The molecule has 2 N–H and O–H groups in total. The summed E-state index contributed by atoms with van der Waals surface area (Å²) in [7, 11) is 1.53. The van der Waals surface area contributed by atoms with Crippen molar-refractivity contribution >= 4 is 34.7 Å². The quantitative estimate of drug-likeness (QED) is 0.380. The summed E-state index contributed by atoms with van der Waals surface area (Å²) in [5.41, 5.74) is 4.78. The van der Waals surface area contributed by atoms with Crippen LogP contribution in [0.1, 0.15) is 6.92 Å². The van der Waals surface area contributed by atoms with Gasteiger partial charge in [-0.2, -0.15) is 0 Å². The van der Waals surface area contributed by atoms with Crippen LogP contribution in [0.5, 0.6) is 0 Å². The summed E-state index contributed by atoms with van der Waals surface area (Å²) in [6, 6.07) is 7.74. The molecule has 3 aromatic heterocycles. The number of fused-ring (bicyclic) bond motifs is 1. The number of aromatic amines is 1. The highest BCUT2D eigenvalue weighted by Crippen LogP contribution is 2.33. The Labute approximate surface area is 219 Å². The normalized spacial score (nSPS) is 13.5. The zero-order valence-corrected chi connectivity index (χ0v) is 21.2. The number of nitrogens with zero attached hydrogens (tertiary/aromatic N) is 6. The largest absolute Gasteiger partial charge is 0.450 e. The summed E-state index contributed by atoms with van der Waals surface area (Å²) in [6.07, 6.45) is 6.38. The fourth-order valence-electron chi connectivity index (χ4n) is 4.40. The van der Waals surface area contributed by atoms with Crippen molar-refractivity contribution in [2.24, 2.45) is 0 Å². The van der Waals surface area contributed by atoms with Gasteiger partial charge in [0.25, 0.3) is 0 Å². The van der Waals surface area contributed by atoms with Gasteiger partial charge in [-0.3, -0.25) is 15.1 Å². The Morgan fingerprint density at radius 1 is 1.05 bits per heavy atom. The van der Waals surface area contributed by atoms with Crippen LogP contribution in [0.3, 0.4) is 0 Å². The van der Waals surface area contributed by atoms with Crippen LogP contribution in [0, 0.1) is 0 Å². The molecule has 0 spiro atoms. The van der Waals surface area contributed by atoms with Crippen LogP contribution in [0.25, 0.3) is 33.5 Å². The summed E-state index contributed by atoms with van der Waals surface area (Å²) in [5, 5.41) is 2.62. The molecule has 12 nitrogen and oxygen atoms in total. The first-order valence-corrected chi connectivity index (χ1v) is 12.3. The number of ether oxygens (including phenoxy) is 2. The number of hydrogen-bond acceptors (Lipinski definition) is 9. The van der Waals surface area contributed by atoms with Crippen molar-refractivity contribution in [3.8, 4) is 22.5 Å². The molecule has 0 atom stereocenters.